The van der Waals surface area contributed by atoms with Crippen molar-refractivity contribution < 1.29 is 4.79 Å². The molecule has 1 rings (SSSR count). The van der Waals surface area contributed by atoms with Gasteiger partial charge in [0.15, 0.2) is 0 Å². The molecule has 16 heavy (non-hydrogen) atoms. The lowest BCUT2D eigenvalue weighted by Gasteiger charge is -2.36. The first kappa shape index (κ1) is 13.0. The van der Waals surface area contributed by atoms with Crippen molar-refractivity contribution in [1.29, 1.82) is 5.26 Å². The molecular formula is C13H22N2O. The molecule has 0 aromatic heterocycles. The lowest BCUT2D eigenvalue weighted by Crippen LogP contribution is -2.45. The molecular weight excluding hydrogens is 200 g/mol. The summed E-state index contributed by atoms with van der Waals surface area (Å²) < 4.78 is 0. The maximum absolute atomic E-state index is 11.8. The van der Waals surface area contributed by atoms with Gasteiger partial charge in [0.25, 0.3) is 0 Å². The highest BCUT2D eigenvalue weighted by Gasteiger charge is 2.33. The number of hydrogen-bond donors (Lipinski definition) is 1. The van der Waals surface area contributed by atoms with Crippen LogP contribution in [0.4, 0.5) is 0 Å². The molecule has 0 aromatic rings. The van der Waals surface area contributed by atoms with Crippen LogP contribution < -0.4 is 5.32 Å². The van der Waals surface area contributed by atoms with E-state index in [2.05, 4.69) is 19.2 Å². The van der Waals surface area contributed by atoms with E-state index < -0.39 is 5.41 Å². The van der Waals surface area contributed by atoms with Crippen LogP contribution in [0.3, 0.4) is 0 Å². The Morgan fingerprint density at radius 3 is 2.62 bits per heavy atom. The highest BCUT2D eigenvalue weighted by Crippen LogP contribution is 2.35. The van der Waals surface area contributed by atoms with Crippen molar-refractivity contribution in [1.82, 2.24) is 5.32 Å². The van der Waals surface area contributed by atoms with E-state index in [1.807, 2.05) is 6.07 Å². The number of rotatable bonds is 2. The monoisotopic (exact) mass is 222 g/mol. The van der Waals surface area contributed by atoms with Gasteiger partial charge < -0.3 is 5.32 Å². The van der Waals surface area contributed by atoms with Crippen LogP contribution in [0.25, 0.3) is 0 Å². The fourth-order valence-electron chi connectivity index (χ4n) is 2.24. The third-order valence-electron chi connectivity index (χ3n) is 3.39. The number of nitrogens with one attached hydrogen (secondary N) is 1. The van der Waals surface area contributed by atoms with Gasteiger partial charge in [-0.15, -0.1) is 0 Å². The van der Waals surface area contributed by atoms with Gasteiger partial charge in [-0.25, -0.2) is 0 Å². The Balaban J connectivity index is 2.56. The maximum Gasteiger partial charge on any atom is 0.240 e. The average molecular weight is 222 g/mol. The predicted octanol–water partition coefficient (Wildman–Crippen LogP) is 2.62. The fourth-order valence-corrected chi connectivity index (χ4v) is 2.24. The minimum atomic E-state index is -0.915. The van der Waals surface area contributed by atoms with E-state index in [4.69, 9.17) is 5.26 Å². The summed E-state index contributed by atoms with van der Waals surface area (Å²) in [5.41, 5.74) is -0.603. The zero-order chi connectivity index (χ0) is 12.4. The first-order valence-electron chi connectivity index (χ1n) is 5.99. The second-order valence-electron chi connectivity index (χ2n) is 6.17. The van der Waals surface area contributed by atoms with Gasteiger partial charge in [0.1, 0.15) is 5.41 Å². The standard InChI is InChI=1S/C13H22N2O/c1-12(2)7-5-6-10(8-12)15-11(16)13(3,4)9-14/h10H,5-8H2,1-4H3,(H,15,16). The second kappa shape index (κ2) is 4.45. The highest BCUT2D eigenvalue weighted by atomic mass is 16.2. The van der Waals surface area contributed by atoms with Crippen LogP contribution in [0, 0.1) is 22.2 Å². The molecule has 3 nitrogen and oxygen atoms in total. The third-order valence-corrected chi connectivity index (χ3v) is 3.39. The summed E-state index contributed by atoms with van der Waals surface area (Å²) in [6.07, 6.45) is 4.43. The summed E-state index contributed by atoms with van der Waals surface area (Å²) in [6, 6.07) is 2.28. The minimum absolute atomic E-state index is 0.141. The lowest BCUT2D eigenvalue weighted by molar-refractivity contribution is -0.128. The number of carbonyl (C=O) groups is 1. The molecule has 1 saturated carbocycles. The Morgan fingerprint density at radius 2 is 2.12 bits per heavy atom. The summed E-state index contributed by atoms with van der Waals surface area (Å²) in [4.78, 5) is 11.8. The SMILES string of the molecule is CC1(C)CCCC(NC(=O)C(C)(C)C#N)C1. The molecule has 0 aromatic carbocycles. The number of carbonyl (C=O) groups excluding carboxylic acids is 1. The molecule has 1 atom stereocenters. The van der Waals surface area contributed by atoms with E-state index in [-0.39, 0.29) is 11.9 Å². The van der Waals surface area contributed by atoms with Crippen LogP contribution in [-0.2, 0) is 4.79 Å². The Labute approximate surface area is 98.2 Å². The molecule has 0 spiro atoms. The molecule has 0 aliphatic heterocycles. The molecule has 0 bridgehead atoms. The summed E-state index contributed by atoms with van der Waals surface area (Å²) in [7, 11) is 0. The third kappa shape index (κ3) is 3.23. The summed E-state index contributed by atoms with van der Waals surface area (Å²) in [5.74, 6) is -0.141. The van der Waals surface area contributed by atoms with E-state index in [1.54, 1.807) is 13.8 Å². The lowest BCUT2D eigenvalue weighted by atomic mass is 9.75. The van der Waals surface area contributed by atoms with Gasteiger partial charge in [0.05, 0.1) is 6.07 Å². The molecule has 0 saturated heterocycles. The zero-order valence-corrected chi connectivity index (χ0v) is 10.8. The first-order chi connectivity index (χ1) is 7.27. The van der Waals surface area contributed by atoms with Crippen molar-refractivity contribution in [3.63, 3.8) is 0 Å². The molecule has 1 fully saturated rings. The zero-order valence-electron chi connectivity index (χ0n) is 10.8. The fraction of sp³-hybridized carbons (Fsp3) is 0.846. The molecule has 1 aliphatic carbocycles. The first-order valence-corrected chi connectivity index (χ1v) is 5.99. The number of nitriles is 1. The second-order valence-corrected chi connectivity index (χ2v) is 6.17. The van der Waals surface area contributed by atoms with Gasteiger partial charge >= 0.3 is 0 Å². The smallest absolute Gasteiger partial charge is 0.240 e. The Bertz CT molecular complexity index is 312. The molecule has 0 heterocycles. The van der Waals surface area contributed by atoms with Crippen LogP contribution in [0.5, 0.6) is 0 Å². The van der Waals surface area contributed by atoms with Crippen LogP contribution in [0.1, 0.15) is 53.4 Å². The van der Waals surface area contributed by atoms with Crippen molar-refractivity contribution in [2.45, 2.75) is 59.4 Å². The number of amides is 1. The Hall–Kier alpha value is -1.04. The Morgan fingerprint density at radius 1 is 1.50 bits per heavy atom. The molecule has 90 valence electrons. The van der Waals surface area contributed by atoms with Crippen molar-refractivity contribution in [3.8, 4) is 6.07 Å². The van der Waals surface area contributed by atoms with Crippen molar-refractivity contribution in [2.75, 3.05) is 0 Å². The van der Waals surface area contributed by atoms with E-state index in [1.165, 1.54) is 6.42 Å². The van der Waals surface area contributed by atoms with E-state index in [0.717, 1.165) is 19.3 Å². The minimum Gasteiger partial charge on any atom is -0.352 e. The molecule has 1 unspecified atom stereocenters. The summed E-state index contributed by atoms with van der Waals surface area (Å²) >= 11 is 0. The normalized spacial score (nSPS) is 24.6. The largest absolute Gasteiger partial charge is 0.352 e. The quantitative estimate of drug-likeness (QED) is 0.780. The van der Waals surface area contributed by atoms with Gasteiger partial charge in [-0.2, -0.15) is 5.26 Å². The van der Waals surface area contributed by atoms with Gasteiger partial charge in [0, 0.05) is 6.04 Å². The highest BCUT2D eigenvalue weighted by molar-refractivity contribution is 5.84. The van der Waals surface area contributed by atoms with Gasteiger partial charge in [-0.3, -0.25) is 4.79 Å². The Kier molecular flexibility index (Phi) is 3.62. The molecule has 1 N–H and O–H groups in total. The summed E-state index contributed by atoms with van der Waals surface area (Å²) in [6.45, 7) is 7.80. The van der Waals surface area contributed by atoms with Crippen molar-refractivity contribution in [2.24, 2.45) is 10.8 Å². The summed E-state index contributed by atoms with van der Waals surface area (Å²) in [5, 5.41) is 11.9. The molecule has 3 heteroatoms. The van der Waals surface area contributed by atoms with E-state index in [9.17, 15) is 4.79 Å². The molecule has 1 aliphatic rings. The average Bonchev–Trinajstić information content (AvgIpc) is 2.16. The van der Waals surface area contributed by atoms with Crippen LogP contribution in [-0.4, -0.2) is 11.9 Å². The van der Waals surface area contributed by atoms with E-state index >= 15 is 0 Å². The van der Waals surface area contributed by atoms with Gasteiger partial charge in [-0.05, 0) is 38.5 Å². The van der Waals surface area contributed by atoms with Gasteiger partial charge in [0.2, 0.25) is 5.91 Å². The van der Waals surface area contributed by atoms with E-state index in [0.29, 0.717) is 5.41 Å². The molecule has 0 radical (unpaired) electrons. The van der Waals surface area contributed by atoms with Crippen molar-refractivity contribution in [3.05, 3.63) is 0 Å². The van der Waals surface area contributed by atoms with Crippen LogP contribution >= 0.6 is 0 Å². The van der Waals surface area contributed by atoms with Crippen LogP contribution in [0.15, 0.2) is 0 Å². The molecule has 1 amide bonds. The maximum atomic E-state index is 11.8. The number of nitrogens with zero attached hydrogens (tertiary/aromatic N) is 1. The van der Waals surface area contributed by atoms with Gasteiger partial charge in [-0.1, -0.05) is 20.3 Å². The topological polar surface area (TPSA) is 52.9 Å². The van der Waals surface area contributed by atoms with Crippen molar-refractivity contribution >= 4 is 5.91 Å². The number of hydrogen-bond acceptors (Lipinski definition) is 2. The van der Waals surface area contributed by atoms with Crippen LogP contribution in [0.2, 0.25) is 0 Å². The predicted molar refractivity (Wildman–Crippen MR) is 63.6 cm³/mol.